The normalized spacial score (nSPS) is 25.8. The summed E-state index contributed by atoms with van der Waals surface area (Å²) in [5, 5.41) is 3.06. The monoisotopic (exact) mass is 261 g/mol. The van der Waals surface area contributed by atoms with Gasteiger partial charge in [0.15, 0.2) is 11.5 Å². The Balaban J connectivity index is 1.78. The molecule has 4 nitrogen and oxygen atoms in total. The molecule has 4 heteroatoms. The Labute approximate surface area is 113 Å². The van der Waals surface area contributed by atoms with Crippen molar-refractivity contribution in [3.63, 3.8) is 0 Å². The molecule has 1 atom stereocenters. The molecule has 0 aliphatic carbocycles. The molecule has 1 amide bonds. The third kappa shape index (κ3) is 2.67. The van der Waals surface area contributed by atoms with Crippen LogP contribution in [0.3, 0.4) is 0 Å². The maximum atomic E-state index is 11.4. The van der Waals surface area contributed by atoms with Crippen LogP contribution in [0.4, 0.5) is 0 Å². The lowest BCUT2D eigenvalue weighted by Gasteiger charge is -2.24. The number of nitrogens with one attached hydrogen (secondary N) is 1. The number of hydrogen-bond acceptors (Lipinski definition) is 3. The first kappa shape index (κ1) is 12.3. The molecule has 0 spiro atoms. The highest BCUT2D eigenvalue weighted by Gasteiger charge is 2.33. The van der Waals surface area contributed by atoms with Crippen molar-refractivity contribution in [3.8, 4) is 11.5 Å². The van der Waals surface area contributed by atoms with Gasteiger partial charge in [0.1, 0.15) is 0 Å². The molecule has 0 saturated carbocycles. The number of benzene rings is 1. The van der Waals surface area contributed by atoms with Crippen molar-refractivity contribution in [2.24, 2.45) is 0 Å². The first-order valence-electron chi connectivity index (χ1n) is 6.84. The first-order valence-corrected chi connectivity index (χ1v) is 6.84. The predicted molar refractivity (Wildman–Crippen MR) is 71.5 cm³/mol. The Morgan fingerprint density at radius 2 is 2.05 bits per heavy atom. The van der Waals surface area contributed by atoms with Gasteiger partial charge in [-0.3, -0.25) is 4.79 Å². The summed E-state index contributed by atoms with van der Waals surface area (Å²) in [6.07, 6.45) is 3.26. The van der Waals surface area contributed by atoms with E-state index in [4.69, 9.17) is 9.47 Å². The van der Waals surface area contributed by atoms with Crippen LogP contribution in [0.1, 0.15) is 31.7 Å². The van der Waals surface area contributed by atoms with Crippen molar-refractivity contribution in [1.82, 2.24) is 5.32 Å². The van der Waals surface area contributed by atoms with E-state index in [2.05, 4.69) is 18.3 Å². The standard InChI is InChI=1S/C15H19NO3/c1-15(6-5-14(17)16-15)10-11-3-4-12-13(9-11)19-8-2-7-18-12/h3-4,9H,2,5-8,10H2,1H3,(H,16,17). The number of rotatable bonds is 2. The molecular weight excluding hydrogens is 242 g/mol. The van der Waals surface area contributed by atoms with Crippen molar-refractivity contribution in [2.75, 3.05) is 13.2 Å². The van der Waals surface area contributed by atoms with Gasteiger partial charge < -0.3 is 14.8 Å². The molecule has 2 aliphatic heterocycles. The highest BCUT2D eigenvalue weighted by atomic mass is 16.5. The number of ether oxygens (including phenoxy) is 2. The third-order valence-corrected chi connectivity index (χ3v) is 3.75. The minimum Gasteiger partial charge on any atom is -0.490 e. The van der Waals surface area contributed by atoms with Gasteiger partial charge in [0.05, 0.1) is 13.2 Å². The van der Waals surface area contributed by atoms with E-state index in [0.717, 1.165) is 30.8 Å². The molecule has 1 unspecified atom stereocenters. The van der Waals surface area contributed by atoms with Gasteiger partial charge in [0.25, 0.3) is 0 Å². The summed E-state index contributed by atoms with van der Waals surface area (Å²) < 4.78 is 11.3. The molecule has 2 aliphatic rings. The Morgan fingerprint density at radius 3 is 2.79 bits per heavy atom. The van der Waals surface area contributed by atoms with Crippen LogP contribution in [-0.2, 0) is 11.2 Å². The van der Waals surface area contributed by atoms with Crippen molar-refractivity contribution in [2.45, 2.75) is 38.1 Å². The Morgan fingerprint density at radius 1 is 1.26 bits per heavy atom. The van der Waals surface area contributed by atoms with Crippen LogP contribution in [0.5, 0.6) is 11.5 Å². The van der Waals surface area contributed by atoms with E-state index in [1.54, 1.807) is 0 Å². The van der Waals surface area contributed by atoms with Crippen LogP contribution in [0.2, 0.25) is 0 Å². The van der Waals surface area contributed by atoms with Gasteiger partial charge in [0, 0.05) is 18.4 Å². The summed E-state index contributed by atoms with van der Waals surface area (Å²) in [5.74, 6) is 1.79. The summed E-state index contributed by atoms with van der Waals surface area (Å²) >= 11 is 0. The van der Waals surface area contributed by atoms with Crippen molar-refractivity contribution in [3.05, 3.63) is 23.8 Å². The van der Waals surface area contributed by atoms with Gasteiger partial charge >= 0.3 is 0 Å². The summed E-state index contributed by atoms with van der Waals surface area (Å²) in [6.45, 7) is 3.51. The Bertz CT molecular complexity index is 500. The molecule has 3 rings (SSSR count). The molecule has 1 fully saturated rings. The molecule has 1 aromatic rings. The number of hydrogen-bond donors (Lipinski definition) is 1. The van der Waals surface area contributed by atoms with Crippen LogP contribution in [-0.4, -0.2) is 24.7 Å². The second kappa shape index (κ2) is 4.76. The lowest BCUT2D eigenvalue weighted by molar-refractivity contribution is -0.119. The van der Waals surface area contributed by atoms with Crippen molar-refractivity contribution < 1.29 is 14.3 Å². The predicted octanol–water partition coefficient (Wildman–Crippen LogP) is 2.06. The van der Waals surface area contributed by atoms with Crippen LogP contribution in [0.15, 0.2) is 18.2 Å². The quantitative estimate of drug-likeness (QED) is 0.886. The smallest absolute Gasteiger partial charge is 0.220 e. The van der Waals surface area contributed by atoms with Gasteiger partial charge in [-0.2, -0.15) is 0 Å². The molecular formula is C15H19NO3. The Hall–Kier alpha value is -1.71. The largest absolute Gasteiger partial charge is 0.490 e. The molecule has 1 aromatic carbocycles. The molecule has 2 heterocycles. The molecule has 102 valence electrons. The second-order valence-corrected chi connectivity index (χ2v) is 5.62. The summed E-state index contributed by atoms with van der Waals surface area (Å²) in [5.41, 5.74) is 1.05. The number of carbonyl (C=O) groups excluding carboxylic acids is 1. The van der Waals surface area contributed by atoms with Crippen LogP contribution >= 0.6 is 0 Å². The van der Waals surface area contributed by atoms with Gasteiger partial charge in [0.2, 0.25) is 5.91 Å². The van der Waals surface area contributed by atoms with E-state index in [9.17, 15) is 4.79 Å². The minimum absolute atomic E-state index is 0.128. The molecule has 1 saturated heterocycles. The lowest BCUT2D eigenvalue weighted by atomic mass is 9.91. The molecule has 19 heavy (non-hydrogen) atoms. The van der Waals surface area contributed by atoms with Gasteiger partial charge in [-0.1, -0.05) is 6.07 Å². The molecule has 1 N–H and O–H groups in total. The Kier molecular flexibility index (Phi) is 3.09. The topological polar surface area (TPSA) is 47.6 Å². The highest BCUT2D eigenvalue weighted by Crippen LogP contribution is 2.32. The zero-order chi connectivity index (χ0) is 13.3. The minimum atomic E-state index is -0.128. The van der Waals surface area contributed by atoms with Gasteiger partial charge in [-0.05, 0) is 37.5 Å². The van der Waals surface area contributed by atoms with Crippen molar-refractivity contribution >= 4 is 5.91 Å². The SMILES string of the molecule is CC1(Cc2ccc3c(c2)OCCCO3)CCC(=O)N1. The first-order chi connectivity index (χ1) is 9.15. The maximum absolute atomic E-state index is 11.4. The van der Waals surface area contributed by atoms with Crippen molar-refractivity contribution in [1.29, 1.82) is 0 Å². The zero-order valence-electron chi connectivity index (χ0n) is 11.2. The summed E-state index contributed by atoms with van der Waals surface area (Å²) in [7, 11) is 0. The average Bonchev–Trinajstić information content (AvgIpc) is 2.60. The fourth-order valence-corrected chi connectivity index (χ4v) is 2.75. The van der Waals surface area contributed by atoms with Gasteiger partial charge in [-0.25, -0.2) is 0 Å². The lowest BCUT2D eigenvalue weighted by Crippen LogP contribution is -2.40. The number of carbonyl (C=O) groups is 1. The fraction of sp³-hybridized carbons (Fsp3) is 0.533. The fourth-order valence-electron chi connectivity index (χ4n) is 2.75. The zero-order valence-corrected chi connectivity index (χ0v) is 11.2. The second-order valence-electron chi connectivity index (χ2n) is 5.62. The number of amides is 1. The van der Waals surface area contributed by atoms with E-state index in [1.807, 2.05) is 12.1 Å². The maximum Gasteiger partial charge on any atom is 0.220 e. The third-order valence-electron chi connectivity index (χ3n) is 3.75. The van der Waals surface area contributed by atoms with Gasteiger partial charge in [-0.15, -0.1) is 0 Å². The van der Waals surface area contributed by atoms with E-state index < -0.39 is 0 Å². The summed E-state index contributed by atoms with van der Waals surface area (Å²) in [4.78, 5) is 11.4. The number of fused-ring (bicyclic) bond motifs is 1. The highest BCUT2D eigenvalue weighted by molar-refractivity contribution is 5.79. The van der Waals surface area contributed by atoms with Crippen LogP contribution < -0.4 is 14.8 Å². The van der Waals surface area contributed by atoms with E-state index in [1.165, 1.54) is 5.56 Å². The average molecular weight is 261 g/mol. The van der Waals surface area contributed by atoms with E-state index >= 15 is 0 Å². The van der Waals surface area contributed by atoms with Crippen LogP contribution in [0, 0.1) is 0 Å². The van der Waals surface area contributed by atoms with Crippen LogP contribution in [0.25, 0.3) is 0 Å². The summed E-state index contributed by atoms with van der Waals surface area (Å²) in [6, 6.07) is 6.07. The van der Waals surface area contributed by atoms with E-state index in [-0.39, 0.29) is 11.4 Å². The molecule has 0 radical (unpaired) electrons. The molecule has 0 bridgehead atoms. The van der Waals surface area contributed by atoms with E-state index in [0.29, 0.717) is 19.6 Å². The molecule has 0 aromatic heterocycles.